The zero-order chi connectivity index (χ0) is 12.3. The number of aliphatic carboxylic acids is 1. The standard InChI is InChI=1S/C12H11FN2O2/c13-11(12(16)17)6-9-7-14-15(8-9)10-4-2-1-3-5-10/h1-5,7-8,11H,6H2,(H,16,17). The van der Waals surface area contributed by atoms with Crippen molar-refractivity contribution in [3.05, 3.63) is 48.3 Å². The summed E-state index contributed by atoms with van der Waals surface area (Å²) in [6, 6.07) is 9.34. The van der Waals surface area contributed by atoms with Gasteiger partial charge in [0.15, 0.2) is 0 Å². The summed E-state index contributed by atoms with van der Waals surface area (Å²) < 4.78 is 14.6. The van der Waals surface area contributed by atoms with Gasteiger partial charge >= 0.3 is 5.97 Å². The number of hydrogen-bond acceptors (Lipinski definition) is 2. The molecule has 0 aliphatic heterocycles. The molecule has 5 heteroatoms. The average molecular weight is 234 g/mol. The second-order valence-electron chi connectivity index (χ2n) is 3.64. The lowest BCUT2D eigenvalue weighted by atomic mass is 10.2. The van der Waals surface area contributed by atoms with Gasteiger partial charge in [-0.1, -0.05) is 18.2 Å². The Morgan fingerprint density at radius 3 is 2.76 bits per heavy atom. The zero-order valence-corrected chi connectivity index (χ0v) is 8.95. The summed E-state index contributed by atoms with van der Waals surface area (Å²) >= 11 is 0. The Morgan fingerprint density at radius 2 is 2.12 bits per heavy atom. The normalized spacial score (nSPS) is 12.3. The highest BCUT2D eigenvalue weighted by Gasteiger charge is 2.17. The van der Waals surface area contributed by atoms with Crippen LogP contribution in [0.3, 0.4) is 0 Å². The molecule has 1 aromatic carbocycles. The minimum atomic E-state index is -1.89. The van der Waals surface area contributed by atoms with Crippen molar-refractivity contribution >= 4 is 5.97 Å². The first-order valence-corrected chi connectivity index (χ1v) is 5.12. The highest BCUT2D eigenvalue weighted by molar-refractivity contribution is 5.72. The smallest absolute Gasteiger partial charge is 0.338 e. The molecular weight excluding hydrogens is 223 g/mol. The first kappa shape index (κ1) is 11.3. The predicted octanol–water partition coefficient (Wildman–Crippen LogP) is 1.84. The molecule has 1 heterocycles. The number of aromatic nitrogens is 2. The van der Waals surface area contributed by atoms with Gasteiger partial charge in [-0.2, -0.15) is 5.10 Å². The fraction of sp³-hybridized carbons (Fsp3) is 0.167. The summed E-state index contributed by atoms with van der Waals surface area (Å²) in [5, 5.41) is 12.5. The van der Waals surface area contributed by atoms with Crippen molar-refractivity contribution in [1.82, 2.24) is 9.78 Å². The lowest BCUT2D eigenvalue weighted by Gasteiger charge is -2.00. The van der Waals surface area contributed by atoms with Crippen LogP contribution in [0.5, 0.6) is 0 Å². The molecule has 1 N–H and O–H groups in total. The molecule has 0 amide bonds. The number of nitrogens with zero attached hydrogens (tertiary/aromatic N) is 2. The maximum atomic E-state index is 13.0. The van der Waals surface area contributed by atoms with Gasteiger partial charge in [0, 0.05) is 12.6 Å². The highest BCUT2D eigenvalue weighted by atomic mass is 19.1. The second-order valence-corrected chi connectivity index (χ2v) is 3.64. The van der Waals surface area contributed by atoms with Crippen molar-refractivity contribution in [2.45, 2.75) is 12.6 Å². The number of carboxylic acid groups (broad SMARTS) is 1. The molecule has 0 saturated heterocycles. The number of rotatable bonds is 4. The maximum absolute atomic E-state index is 13.0. The number of benzene rings is 1. The number of carbonyl (C=O) groups is 1. The molecule has 0 bridgehead atoms. The van der Waals surface area contributed by atoms with Crippen LogP contribution in [0.1, 0.15) is 5.56 Å². The van der Waals surface area contributed by atoms with Crippen LogP contribution in [0.2, 0.25) is 0 Å². The molecule has 0 aliphatic rings. The van der Waals surface area contributed by atoms with E-state index in [-0.39, 0.29) is 6.42 Å². The van der Waals surface area contributed by atoms with Crippen molar-refractivity contribution in [2.75, 3.05) is 0 Å². The van der Waals surface area contributed by atoms with Gasteiger partial charge in [-0.3, -0.25) is 0 Å². The van der Waals surface area contributed by atoms with E-state index in [9.17, 15) is 9.18 Å². The first-order chi connectivity index (χ1) is 8.16. The van der Waals surface area contributed by atoms with Gasteiger partial charge in [0.1, 0.15) is 0 Å². The highest BCUT2D eigenvalue weighted by Crippen LogP contribution is 2.10. The number of alkyl halides is 1. The molecule has 2 rings (SSSR count). The van der Waals surface area contributed by atoms with E-state index in [4.69, 9.17) is 5.11 Å². The van der Waals surface area contributed by atoms with E-state index in [1.165, 1.54) is 6.20 Å². The number of carboxylic acids is 1. The number of para-hydroxylation sites is 1. The summed E-state index contributed by atoms with van der Waals surface area (Å²) in [6.07, 6.45) is 1.05. The molecule has 17 heavy (non-hydrogen) atoms. The summed E-state index contributed by atoms with van der Waals surface area (Å²) in [6.45, 7) is 0. The fourth-order valence-electron chi connectivity index (χ4n) is 1.48. The minimum absolute atomic E-state index is 0.165. The molecule has 0 saturated carbocycles. The Kier molecular flexibility index (Phi) is 3.18. The van der Waals surface area contributed by atoms with Crippen molar-refractivity contribution in [1.29, 1.82) is 0 Å². The Morgan fingerprint density at radius 1 is 1.41 bits per heavy atom. The van der Waals surface area contributed by atoms with Crippen LogP contribution in [-0.2, 0) is 11.2 Å². The molecule has 0 fully saturated rings. The summed E-state index contributed by atoms with van der Waals surface area (Å²) in [4.78, 5) is 10.4. The summed E-state index contributed by atoms with van der Waals surface area (Å²) in [7, 11) is 0. The van der Waals surface area contributed by atoms with Crippen LogP contribution in [0.25, 0.3) is 5.69 Å². The Balaban J connectivity index is 2.14. The Labute approximate surface area is 97.3 Å². The van der Waals surface area contributed by atoms with Crippen LogP contribution in [-0.4, -0.2) is 27.0 Å². The fourth-order valence-corrected chi connectivity index (χ4v) is 1.48. The second kappa shape index (κ2) is 4.78. The van der Waals surface area contributed by atoms with E-state index in [0.29, 0.717) is 5.56 Å². The van der Waals surface area contributed by atoms with E-state index < -0.39 is 12.1 Å². The number of halogens is 1. The number of hydrogen-bond donors (Lipinski definition) is 1. The van der Waals surface area contributed by atoms with E-state index in [0.717, 1.165) is 5.69 Å². The summed E-state index contributed by atoms with van der Waals surface area (Å²) in [5.74, 6) is -1.45. The third kappa shape index (κ3) is 2.69. The van der Waals surface area contributed by atoms with Gasteiger partial charge in [0.2, 0.25) is 6.17 Å². The molecule has 1 aromatic heterocycles. The summed E-state index contributed by atoms with van der Waals surface area (Å²) in [5.41, 5.74) is 1.41. The third-order valence-electron chi connectivity index (χ3n) is 2.34. The third-order valence-corrected chi connectivity index (χ3v) is 2.34. The van der Waals surface area contributed by atoms with E-state index in [1.54, 1.807) is 10.9 Å². The Hall–Kier alpha value is -2.17. The monoisotopic (exact) mass is 234 g/mol. The van der Waals surface area contributed by atoms with E-state index in [1.807, 2.05) is 30.3 Å². The van der Waals surface area contributed by atoms with E-state index >= 15 is 0 Å². The van der Waals surface area contributed by atoms with Crippen molar-refractivity contribution in [3.8, 4) is 5.69 Å². The maximum Gasteiger partial charge on any atom is 0.338 e. The molecule has 0 spiro atoms. The average Bonchev–Trinajstić information content (AvgIpc) is 2.78. The van der Waals surface area contributed by atoms with Gasteiger partial charge in [0.05, 0.1) is 11.9 Å². The van der Waals surface area contributed by atoms with Gasteiger partial charge in [-0.15, -0.1) is 0 Å². The largest absolute Gasteiger partial charge is 0.479 e. The van der Waals surface area contributed by atoms with Gasteiger partial charge < -0.3 is 5.11 Å². The first-order valence-electron chi connectivity index (χ1n) is 5.12. The van der Waals surface area contributed by atoms with Crippen LogP contribution < -0.4 is 0 Å². The van der Waals surface area contributed by atoms with Crippen LogP contribution in [0, 0.1) is 0 Å². The van der Waals surface area contributed by atoms with E-state index in [2.05, 4.69) is 5.10 Å². The molecule has 1 unspecified atom stereocenters. The molecule has 1 atom stereocenters. The van der Waals surface area contributed by atoms with Crippen LogP contribution in [0.15, 0.2) is 42.7 Å². The van der Waals surface area contributed by atoms with Crippen LogP contribution in [0.4, 0.5) is 4.39 Å². The predicted molar refractivity (Wildman–Crippen MR) is 59.8 cm³/mol. The molecule has 88 valence electrons. The molecule has 4 nitrogen and oxygen atoms in total. The Bertz CT molecular complexity index is 510. The quantitative estimate of drug-likeness (QED) is 0.878. The topological polar surface area (TPSA) is 55.1 Å². The zero-order valence-electron chi connectivity index (χ0n) is 8.95. The lowest BCUT2D eigenvalue weighted by molar-refractivity contribution is -0.142. The lowest BCUT2D eigenvalue weighted by Crippen LogP contribution is -2.16. The van der Waals surface area contributed by atoms with Gasteiger partial charge in [-0.05, 0) is 17.7 Å². The minimum Gasteiger partial charge on any atom is -0.479 e. The van der Waals surface area contributed by atoms with Crippen molar-refractivity contribution in [3.63, 3.8) is 0 Å². The SMILES string of the molecule is O=C(O)C(F)Cc1cnn(-c2ccccc2)c1. The van der Waals surface area contributed by atoms with Crippen molar-refractivity contribution in [2.24, 2.45) is 0 Å². The van der Waals surface area contributed by atoms with Crippen molar-refractivity contribution < 1.29 is 14.3 Å². The van der Waals surface area contributed by atoms with Gasteiger partial charge in [0.25, 0.3) is 0 Å². The molecular formula is C12H11FN2O2. The molecule has 2 aromatic rings. The molecule has 0 aliphatic carbocycles. The van der Waals surface area contributed by atoms with Gasteiger partial charge in [-0.25, -0.2) is 13.9 Å². The van der Waals surface area contributed by atoms with Crippen LogP contribution >= 0.6 is 0 Å². The molecule has 0 radical (unpaired) electrons.